The van der Waals surface area contributed by atoms with E-state index in [1.807, 2.05) is 13.8 Å². The predicted octanol–water partition coefficient (Wildman–Crippen LogP) is 3.73. The van der Waals surface area contributed by atoms with Crippen LogP contribution < -0.4 is 9.47 Å². The van der Waals surface area contributed by atoms with Crippen LogP contribution in [0.1, 0.15) is 25.0 Å². The largest absolute Gasteiger partial charge is 0.491 e. The van der Waals surface area contributed by atoms with Crippen molar-refractivity contribution in [1.29, 1.82) is 0 Å². The predicted molar refractivity (Wildman–Crippen MR) is 77.3 cm³/mol. The van der Waals surface area contributed by atoms with Gasteiger partial charge in [0.05, 0.1) is 7.11 Å². The molecule has 0 saturated heterocycles. The van der Waals surface area contributed by atoms with E-state index in [1.54, 1.807) is 13.1 Å². The molecule has 0 saturated carbocycles. The van der Waals surface area contributed by atoms with Crippen LogP contribution in [-0.4, -0.2) is 12.1 Å². The minimum Gasteiger partial charge on any atom is -0.491 e. The number of methoxy groups -OCH3 is 1. The van der Waals surface area contributed by atoms with Crippen molar-refractivity contribution in [1.82, 2.24) is 4.98 Å². The fraction of sp³-hybridized carbons (Fsp3) is 0.312. The summed E-state index contributed by atoms with van der Waals surface area (Å²) in [5.74, 6) is 5.04. The molecular formula is C16H18FNO2. The van der Waals surface area contributed by atoms with E-state index >= 15 is 0 Å². The second kappa shape index (κ2) is 7.34. The molecule has 0 spiro atoms. The van der Waals surface area contributed by atoms with E-state index in [4.69, 9.17) is 9.47 Å². The number of rotatable bonds is 5. The summed E-state index contributed by atoms with van der Waals surface area (Å²) in [4.78, 5) is 4.17. The highest BCUT2D eigenvalue weighted by atomic mass is 19.1. The maximum absolute atomic E-state index is 13.6. The molecule has 0 aliphatic carbocycles. The fourth-order valence-corrected chi connectivity index (χ4v) is 1.70. The van der Waals surface area contributed by atoms with Gasteiger partial charge in [-0.25, -0.2) is 9.37 Å². The lowest BCUT2D eigenvalue weighted by Gasteiger charge is -2.13. The molecule has 0 N–H and O–H groups in total. The number of hydrogen-bond donors (Lipinski definition) is 0. The van der Waals surface area contributed by atoms with E-state index < -0.39 is 5.83 Å². The lowest BCUT2D eigenvalue weighted by atomic mass is 10.1. The summed E-state index contributed by atoms with van der Waals surface area (Å²) in [6, 6.07) is 0. The summed E-state index contributed by atoms with van der Waals surface area (Å²) in [5, 5.41) is 0. The van der Waals surface area contributed by atoms with Gasteiger partial charge in [0.15, 0.2) is 11.6 Å². The van der Waals surface area contributed by atoms with Crippen molar-refractivity contribution in [2.45, 2.75) is 27.2 Å². The van der Waals surface area contributed by atoms with Crippen LogP contribution in [-0.2, 0) is 6.42 Å². The minimum atomic E-state index is -0.638. The van der Waals surface area contributed by atoms with E-state index in [-0.39, 0.29) is 11.6 Å². The molecule has 106 valence electrons. The third-order valence-corrected chi connectivity index (χ3v) is 2.77. The monoisotopic (exact) mass is 275 g/mol. The highest BCUT2D eigenvalue weighted by molar-refractivity contribution is 5.47. The Labute approximate surface area is 119 Å². The zero-order chi connectivity index (χ0) is 15.1. The number of halogens is 1. The van der Waals surface area contributed by atoms with Crippen LogP contribution in [0.15, 0.2) is 30.4 Å². The Bertz CT molecular complexity index is 594. The molecule has 0 aromatic carbocycles. The molecule has 1 rings (SSSR count). The van der Waals surface area contributed by atoms with Gasteiger partial charge in [0.25, 0.3) is 5.88 Å². The number of hydrogen-bond acceptors (Lipinski definition) is 3. The molecule has 3 nitrogen and oxygen atoms in total. The Morgan fingerprint density at radius 1 is 1.55 bits per heavy atom. The van der Waals surface area contributed by atoms with E-state index in [9.17, 15) is 4.39 Å². The van der Waals surface area contributed by atoms with Crippen molar-refractivity contribution in [3.05, 3.63) is 41.6 Å². The third kappa shape index (κ3) is 3.39. The van der Waals surface area contributed by atoms with E-state index in [2.05, 4.69) is 23.4 Å². The average Bonchev–Trinajstić information content (AvgIpc) is 2.46. The van der Waals surface area contributed by atoms with E-state index in [0.29, 0.717) is 5.75 Å². The van der Waals surface area contributed by atoms with Crippen molar-refractivity contribution in [3.8, 4) is 23.5 Å². The quantitative estimate of drug-likeness (QED) is 0.466. The molecule has 0 fully saturated rings. The van der Waals surface area contributed by atoms with Gasteiger partial charge in [-0.3, -0.25) is 0 Å². The first-order valence-corrected chi connectivity index (χ1v) is 6.24. The van der Waals surface area contributed by atoms with E-state index in [0.717, 1.165) is 23.6 Å². The van der Waals surface area contributed by atoms with Crippen molar-refractivity contribution >= 4 is 0 Å². The van der Waals surface area contributed by atoms with Gasteiger partial charge in [0.2, 0.25) is 5.76 Å². The molecule has 0 atom stereocenters. The first-order valence-electron chi connectivity index (χ1n) is 6.24. The second-order valence-corrected chi connectivity index (χ2v) is 3.96. The maximum atomic E-state index is 13.6. The maximum Gasteiger partial charge on any atom is 0.263 e. The SMILES string of the molecule is C=CC(F)=C(C#CC)Oc1ncc(CC)c(C)c1OC. The van der Waals surface area contributed by atoms with Gasteiger partial charge in [-0.15, -0.1) is 0 Å². The lowest BCUT2D eigenvalue weighted by Crippen LogP contribution is -2.03. The number of aromatic nitrogens is 1. The smallest absolute Gasteiger partial charge is 0.263 e. The Morgan fingerprint density at radius 2 is 2.25 bits per heavy atom. The Hall–Kier alpha value is -2.28. The summed E-state index contributed by atoms with van der Waals surface area (Å²) in [6.45, 7) is 8.88. The van der Waals surface area contributed by atoms with Crippen molar-refractivity contribution < 1.29 is 13.9 Å². The number of nitrogens with zero attached hydrogens (tertiary/aromatic N) is 1. The van der Waals surface area contributed by atoms with Crippen LogP contribution in [0.3, 0.4) is 0 Å². The Morgan fingerprint density at radius 3 is 2.75 bits per heavy atom. The van der Waals surface area contributed by atoms with Gasteiger partial charge in [-0.05, 0) is 37.8 Å². The molecular weight excluding hydrogens is 257 g/mol. The Kier molecular flexibility index (Phi) is 5.79. The lowest BCUT2D eigenvalue weighted by molar-refractivity contribution is 0.348. The van der Waals surface area contributed by atoms with Crippen molar-refractivity contribution in [2.75, 3.05) is 7.11 Å². The van der Waals surface area contributed by atoms with Crippen molar-refractivity contribution in [3.63, 3.8) is 0 Å². The van der Waals surface area contributed by atoms with Gasteiger partial charge in [0, 0.05) is 11.8 Å². The second-order valence-electron chi connectivity index (χ2n) is 3.96. The van der Waals surface area contributed by atoms with Gasteiger partial charge in [0.1, 0.15) is 0 Å². The van der Waals surface area contributed by atoms with Crippen LogP contribution >= 0.6 is 0 Å². The summed E-state index contributed by atoms with van der Waals surface area (Å²) in [7, 11) is 1.52. The molecule has 0 unspecified atom stereocenters. The van der Waals surface area contributed by atoms with Gasteiger partial charge < -0.3 is 9.47 Å². The molecule has 4 heteroatoms. The molecule has 1 aromatic rings. The van der Waals surface area contributed by atoms with Gasteiger partial charge in [-0.2, -0.15) is 0 Å². The Balaban J connectivity index is 3.29. The summed E-state index contributed by atoms with van der Waals surface area (Å²) in [5.41, 5.74) is 1.97. The summed E-state index contributed by atoms with van der Waals surface area (Å²) >= 11 is 0. The number of pyridine rings is 1. The van der Waals surface area contributed by atoms with Crippen LogP contribution in [0.2, 0.25) is 0 Å². The topological polar surface area (TPSA) is 31.4 Å². The minimum absolute atomic E-state index is 0.128. The first-order chi connectivity index (χ1) is 9.58. The number of allylic oxidation sites excluding steroid dienone is 3. The van der Waals surface area contributed by atoms with Crippen LogP contribution in [0, 0.1) is 18.8 Å². The fourth-order valence-electron chi connectivity index (χ4n) is 1.70. The van der Waals surface area contributed by atoms with E-state index in [1.165, 1.54) is 7.11 Å². The number of ether oxygens (including phenoxy) is 2. The third-order valence-electron chi connectivity index (χ3n) is 2.77. The molecule has 0 aliphatic rings. The molecule has 20 heavy (non-hydrogen) atoms. The van der Waals surface area contributed by atoms with Crippen LogP contribution in [0.25, 0.3) is 0 Å². The molecule has 0 bridgehead atoms. The average molecular weight is 275 g/mol. The molecule has 0 aliphatic heterocycles. The first kappa shape index (κ1) is 15.8. The van der Waals surface area contributed by atoms with Gasteiger partial charge in [-0.1, -0.05) is 19.4 Å². The van der Waals surface area contributed by atoms with Crippen molar-refractivity contribution in [2.24, 2.45) is 0 Å². The highest BCUT2D eigenvalue weighted by Gasteiger charge is 2.15. The summed E-state index contributed by atoms with van der Waals surface area (Å²) in [6.07, 6.45) is 3.56. The molecule has 1 heterocycles. The highest BCUT2D eigenvalue weighted by Crippen LogP contribution is 2.32. The molecule has 0 radical (unpaired) electrons. The van der Waals surface area contributed by atoms with Crippen LogP contribution in [0.5, 0.6) is 11.6 Å². The molecule has 0 amide bonds. The zero-order valence-corrected chi connectivity index (χ0v) is 12.2. The zero-order valence-electron chi connectivity index (χ0n) is 12.2. The van der Waals surface area contributed by atoms with Gasteiger partial charge >= 0.3 is 0 Å². The molecule has 1 aromatic heterocycles. The normalized spacial score (nSPS) is 11.1. The van der Waals surface area contributed by atoms with Crippen LogP contribution in [0.4, 0.5) is 4.39 Å². The number of aryl methyl sites for hydroxylation is 1. The summed E-state index contributed by atoms with van der Waals surface area (Å²) < 4.78 is 24.4. The standard InChI is InChI=1S/C16H18FNO2/c1-6-9-14(13(17)8-3)20-16-15(19-5)11(4)12(7-2)10-18-16/h8,10H,3,7H2,1-2,4-5H3.